The molecule has 2 aromatic carbocycles. The van der Waals surface area contributed by atoms with E-state index in [9.17, 15) is 9.90 Å². The molecule has 2 aromatic rings. The minimum Gasteiger partial charge on any atom is -0.507 e. The number of fused-ring (bicyclic) bond motifs is 1. The highest BCUT2D eigenvalue weighted by molar-refractivity contribution is 6.15. The van der Waals surface area contributed by atoms with Crippen molar-refractivity contribution in [2.24, 2.45) is 0 Å². The van der Waals surface area contributed by atoms with Crippen molar-refractivity contribution < 1.29 is 14.6 Å². The fourth-order valence-corrected chi connectivity index (χ4v) is 4.13. The third-order valence-corrected chi connectivity index (χ3v) is 5.85. The van der Waals surface area contributed by atoms with Crippen LogP contribution in [0.1, 0.15) is 39.5 Å². The van der Waals surface area contributed by atoms with E-state index in [1.165, 1.54) is 0 Å². The molecule has 4 rings (SSSR count). The van der Waals surface area contributed by atoms with Crippen molar-refractivity contribution in [1.82, 2.24) is 9.80 Å². The van der Waals surface area contributed by atoms with Gasteiger partial charge in [0.05, 0.1) is 11.1 Å². The monoisotopic (exact) mass is 392 g/mol. The average Bonchev–Trinajstić information content (AvgIpc) is 3.02. The Morgan fingerprint density at radius 2 is 1.83 bits per heavy atom. The Labute approximate surface area is 172 Å². The summed E-state index contributed by atoms with van der Waals surface area (Å²) in [6.07, 6.45) is 1.79. The fourth-order valence-electron chi connectivity index (χ4n) is 4.13. The van der Waals surface area contributed by atoms with E-state index in [1.807, 2.05) is 38.1 Å². The van der Waals surface area contributed by atoms with Crippen molar-refractivity contribution in [3.63, 3.8) is 0 Å². The largest absolute Gasteiger partial charge is 0.507 e. The maximum Gasteiger partial charge on any atom is 0.232 e. The molecule has 0 atom stereocenters. The van der Waals surface area contributed by atoms with Gasteiger partial charge in [-0.25, -0.2) is 0 Å². The lowest BCUT2D eigenvalue weighted by Crippen LogP contribution is -2.45. The average molecular weight is 392 g/mol. The first kappa shape index (κ1) is 19.7. The quantitative estimate of drug-likeness (QED) is 0.803. The van der Waals surface area contributed by atoms with Gasteiger partial charge in [-0.05, 0) is 43.7 Å². The Hall–Kier alpha value is -2.63. The van der Waals surface area contributed by atoms with Gasteiger partial charge in [0.1, 0.15) is 11.5 Å². The minimum absolute atomic E-state index is 0.115. The lowest BCUT2D eigenvalue weighted by Gasteiger charge is -2.34. The van der Waals surface area contributed by atoms with Crippen molar-refractivity contribution in [1.29, 1.82) is 0 Å². The number of phenols is 1. The fraction of sp³-hybridized carbons (Fsp3) is 0.375. The van der Waals surface area contributed by atoms with Gasteiger partial charge in [0, 0.05) is 32.7 Å². The summed E-state index contributed by atoms with van der Waals surface area (Å²) in [7, 11) is 0. The SMILES string of the molecule is CCN1CCN(Cc2c(O)cc(C)c3c2O/C(=C\c2cccc(C)c2)C3=O)CC1. The predicted molar refractivity (Wildman–Crippen MR) is 114 cm³/mol. The topological polar surface area (TPSA) is 53.0 Å². The predicted octanol–water partition coefficient (Wildman–Crippen LogP) is 3.76. The Balaban J connectivity index is 1.64. The van der Waals surface area contributed by atoms with Gasteiger partial charge in [0.2, 0.25) is 5.78 Å². The number of piperazine rings is 1. The van der Waals surface area contributed by atoms with Crippen LogP contribution in [0.3, 0.4) is 0 Å². The van der Waals surface area contributed by atoms with Gasteiger partial charge in [0.25, 0.3) is 0 Å². The number of likely N-dealkylation sites (N-methyl/N-ethyl adjacent to an activating group) is 1. The van der Waals surface area contributed by atoms with Crippen molar-refractivity contribution in [3.05, 3.63) is 63.9 Å². The lowest BCUT2D eigenvalue weighted by atomic mass is 9.99. The zero-order chi connectivity index (χ0) is 20.5. The number of aromatic hydroxyl groups is 1. The third-order valence-electron chi connectivity index (χ3n) is 5.85. The number of rotatable bonds is 4. The van der Waals surface area contributed by atoms with Gasteiger partial charge in [-0.3, -0.25) is 9.69 Å². The molecule has 0 bridgehead atoms. The zero-order valence-electron chi connectivity index (χ0n) is 17.4. The number of ether oxygens (including phenoxy) is 1. The van der Waals surface area contributed by atoms with Crippen LogP contribution < -0.4 is 4.74 Å². The Kier molecular flexibility index (Phi) is 5.43. The molecule has 5 nitrogen and oxygen atoms in total. The van der Waals surface area contributed by atoms with Crippen molar-refractivity contribution in [2.45, 2.75) is 27.3 Å². The van der Waals surface area contributed by atoms with E-state index in [-0.39, 0.29) is 11.5 Å². The highest BCUT2D eigenvalue weighted by Gasteiger charge is 2.34. The highest BCUT2D eigenvalue weighted by Crippen LogP contribution is 2.42. The molecule has 0 aliphatic carbocycles. The Bertz CT molecular complexity index is 972. The van der Waals surface area contributed by atoms with Crippen LogP contribution in [0.4, 0.5) is 0 Å². The summed E-state index contributed by atoms with van der Waals surface area (Å²) in [5.74, 6) is 0.917. The molecule has 5 heteroatoms. The summed E-state index contributed by atoms with van der Waals surface area (Å²) in [5, 5.41) is 10.6. The minimum atomic E-state index is -0.115. The van der Waals surface area contributed by atoms with Gasteiger partial charge in [-0.15, -0.1) is 0 Å². The van der Waals surface area contributed by atoms with Crippen molar-refractivity contribution >= 4 is 11.9 Å². The van der Waals surface area contributed by atoms with Crippen LogP contribution in [-0.4, -0.2) is 53.4 Å². The number of phenolic OH excluding ortho intramolecular Hbond substituents is 1. The molecular formula is C24H28N2O3. The second-order valence-electron chi connectivity index (χ2n) is 7.96. The highest BCUT2D eigenvalue weighted by atomic mass is 16.5. The molecular weight excluding hydrogens is 364 g/mol. The molecule has 0 spiro atoms. The van der Waals surface area contributed by atoms with E-state index in [4.69, 9.17) is 4.74 Å². The number of aryl methyl sites for hydroxylation is 2. The summed E-state index contributed by atoms with van der Waals surface area (Å²) in [5.41, 5.74) is 4.08. The zero-order valence-corrected chi connectivity index (χ0v) is 17.4. The first-order chi connectivity index (χ1) is 14.0. The van der Waals surface area contributed by atoms with Crippen LogP contribution in [-0.2, 0) is 6.54 Å². The van der Waals surface area contributed by atoms with Gasteiger partial charge >= 0.3 is 0 Å². The molecule has 2 heterocycles. The number of Topliss-reactive ketones (excluding diaryl/α,β-unsaturated/α-hetero) is 1. The lowest BCUT2D eigenvalue weighted by molar-refractivity contribution is 0.101. The van der Waals surface area contributed by atoms with Crippen LogP contribution in [0.2, 0.25) is 0 Å². The molecule has 2 aliphatic rings. The number of ketones is 1. The van der Waals surface area contributed by atoms with E-state index in [0.29, 0.717) is 29.2 Å². The number of carbonyl (C=O) groups excluding carboxylic acids is 1. The number of nitrogens with zero attached hydrogens (tertiary/aromatic N) is 2. The number of allylic oxidation sites excluding steroid dienone is 1. The van der Waals surface area contributed by atoms with E-state index >= 15 is 0 Å². The number of carbonyl (C=O) groups is 1. The van der Waals surface area contributed by atoms with E-state index < -0.39 is 0 Å². The standard InChI is InChI=1S/C24H28N2O3/c1-4-25-8-10-26(11-9-25)15-19-20(27)13-17(3)22-23(28)21(29-24(19)22)14-18-7-5-6-16(2)12-18/h5-7,12-14,27H,4,8-11,15H2,1-3H3/b21-14-. The Morgan fingerprint density at radius 1 is 1.10 bits per heavy atom. The second-order valence-corrected chi connectivity index (χ2v) is 7.96. The maximum absolute atomic E-state index is 13.0. The third kappa shape index (κ3) is 3.93. The molecule has 1 N–H and O–H groups in total. The first-order valence-electron chi connectivity index (χ1n) is 10.3. The summed E-state index contributed by atoms with van der Waals surface area (Å²) in [6, 6.07) is 9.65. The summed E-state index contributed by atoms with van der Waals surface area (Å²) in [4.78, 5) is 17.8. The second kappa shape index (κ2) is 8.01. The van der Waals surface area contributed by atoms with Crippen molar-refractivity contribution in [3.8, 4) is 11.5 Å². The van der Waals surface area contributed by atoms with Gasteiger partial charge in [-0.2, -0.15) is 0 Å². The molecule has 0 saturated carbocycles. The van der Waals surface area contributed by atoms with E-state index in [1.54, 1.807) is 12.1 Å². The molecule has 1 saturated heterocycles. The van der Waals surface area contributed by atoms with Crippen LogP contribution in [0.5, 0.6) is 11.5 Å². The molecule has 152 valence electrons. The molecule has 1 fully saturated rings. The maximum atomic E-state index is 13.0. The van der Waals surface area contributed by atoms with Crippen LogP contribution in [0, 0.1) is 13.8 Å². The summed E-state index contributed by atoms with van der Waals surface area (Å²) < 4.78 is 6.05. The van der Waals surface area contributed by atoms with Crippen molar-refractivity contribution in [2.75, 3.05) is 32.7 Å². The number of hydrogen-bond donors (Lipinski definition) is 1. The van der Waals surface area contributed by atoms with E-state index in [0.717, 1.165) is 49.4 Å². The first-order valence-corrected chi connectivity index (χ1v) is 10.3. The molecule has 0 aromatic heterocycles. The van der Waals surface area contributed by atoms with Crippen LogP contribution in [0.25, 0.3) is 6.08 Å². The number of hydrogen-bond acceptors (Lipinski definition) is 5. The Morgan fingerprint density at radius 3 is 2.52 bits per heavy atom. The summed E-state index contributed by atoms with van der Waals surface area (Å²) >= 11 is 0. The van der Waals surface area contributed by atoms with E-state index in [2.05, 4.69) is 16.7 Å². The van der Waals surface area contributed by atoms with Crippen LogP contribution >= 0.6 is 0 Å². The molecule has 0 unspecified atom stereocenters. The van der Waals surface area contributed by atoms with Gasteiger partial charge in [-0.1, -0.05) is 36.8 Å². The van der Waals surface area contributed by atoms with Crippen LogP contribution in [0.15, 0.2) is 36.1 Å². The molecule has 0 amide bonds. The number of benzene rings is 2. The molecule has 2 aliphatic heterocycles. The summed E-state index contributed by atoms with van der Waals surface area (Å²) in [6.45, 7) is 11.6. The van der Waals surface area contributed by atoms with Gasteiger partial charge in [0.15, 0.2) is 5.76 Å². The molecule has 0 radical (unpaired) electrons. The van der Waals surface area contributed by atoms with Gasteiger partial charge < -0.3 is 14.7 Å². The smallest absolute Gasteiger partial charge is 0.232 e. The normalized spacial score (nSPS) is 18.9. The molecule has 29 heavy (non-hydrogen) atoms.